The number of piperidine rings is 1. The normalized spacial score (nSPS) is 17.3. The molecule has 1 atom stereocenters. The van der Waals surface area contributed by atoms with Gasteiger partial charge in [-0.05, 0) is 31.9 Å². The summed E-state index contributed by atoms with van der Waals surface area (Å²) in [7, 11) is 1.14. The number of nitro groups is 1. The van der Waals surface area contributed by atoms with E-state index in [0.717, 1.165) is 30.2 Å². The average molecular weight is 429 g/mol. The first-order valence-corrected chi connectivity index (χ1v) is 9.64. The summed E-state index contributed by atoms with van der Waals surface area (Å²) >= 11 is 0.980. The fraction of sp³-hybridized carbons (Fsp3) is 0.444. The average Bonchev–Trinajstić information content (AvgIpc) is 3.17. The zero-order valence-corrected chi connectivity index (χ0v) is 16.5. The van der Waals surface area contributed by atoms with E-state index in [1.807, 2.05) is 4.90 Å². The molecule has 0 radical (unpaired) electrons. The molecule has 0 spiro atoms. The summed E-state index contributed by atoms with van der Waals surface area (Å²) in [5.41, 5.74) is -0.463. The van der Waals surface area contributed by atoms with Gasteiger partial charge in [0.2, 0.25) is 0 Å². The number of hydrogen-bond donors (Lipinski definition) is 0. The highest BCUT2D eigenvalue weighted by Crippen LogP contribution is 2.37. The lowest BCUT2D eigenvalue weighted by Crippen LogP contribution is -2.34. The Labute approximate surface area is 168 Å². The summed E-state index contributed by atoms with van der Waals surface area (Å²) in [6.45, 7) is 2.56. The van der Waals surface area contributed by atoms with Crippen molar-refractivity contribution in [3.8, 4) is 0 Å². The highest BCUT2D eigenvalue weighted by Gasteiger charge is 2.35. The molecule has 156 valence electrons. The van der Waals surface area contributed by atoms with E-state index in [2.05, 4.69) is 9.72 Å². The van der Waals surface area contributed by atoms with Gasteiger partial charge < -0.3 is 9.64 Å². The van der Waals surface area contributed by atoms with Gasteiger partial charge in [0.05, 0.1) is 17.0 Å². The lowest BCUT2D eigenvalue weighted by molar-refractivity contribution is -0.385. The summed E-state index contributed by atoms with van der Waals surface area (Å²) < 4.78 is 43.2. The fourth-order valence-corrected chi connectivity index (χ4v) is 4.42. The van der Waals surface area contributed by atoms with Crippen LogP contribution in [0.5, 0.6) is 0 Å². The van der Waals surface area contributed by atoms with Gasteiger partial charge in [-0.3, -0.25) is 10.1 Å². The van der Waals surface area contributed by atoms with Gasteiger partial charge in [0.15, 0.2) is 5.69 Å². The zero-order chi connectivity index (χ0) is 21.3. The van der Waals surface area contributed by atoms with Gasteiger partial charge in [0.1, 0.15) is 5.56 Å². The SMILES string of the molecule is COC(=O)c1cc(N2CCCC(c3nc(C(F)(F)F)cs3)C2)cc(C)c1[N+](=O)[O-]. The number of nitrogens with zero attached hydrogens (tertiary/aromatic N) is 3. The number of thiazole rings is 1. The van der Waals surface area contributed by atoms with Crippen molar-refractivity contribution in [3.63, 3.8) is 0 Å². The Bertz CT molecular complexity index is 945. The summed E-state index contributed by atoms with van der Waals surface area (Å²) in [4.78, 5) is 28.4. The molecule has 0 aliphatic carbocycles. The number of ether oxygens (including phenoxy) is 1. The molecule has 1 unspecified atom stereocenters. The molecule has 1 fully saturated rings. The van der Waals surface area contributed by atoms with E-state index < -0.39 is 22.8 Å². The van der Waals surface area contributed by atoms with Gasteiger partial charge in [-0.1, -0.05) is 0 Å². The lowest BCUT2D eigenvalue weighted by atomic mass is 9.97. The number of nitro benzene ring substituents is 1. The predicted molar refractivity (Wildman–Crippen MR) is 100 cm³/mol. The third-order valence-electron chi connectivity index (χ3n) is 4.82. The maximum Gasteiger partial charge on any atom is 0.434 e. The van der Waals surface area contributed by atoms with Crippen molar-refractivity contribution in [2.24, 2.45) is 0 Å². The number of anilines is 1. The van der Waals surface area contributed by atoms with E-state index in [1.165, 1.54) is 13.0 Å². The smallest absolute Gasteiger partial charge is 0.434 e. The van der Waals surface area contributed by atoms with Crippen LogP contribution in [-0.4, -0.2) is 36.1 Å². The number of alkyl halides is 3. The number of aromatic nitrogens is 1. The van der Waals surface area contributed by atoms with Crippen molar-refractivity contribution in [1.29, 1.82) is 0 Å². The third-order valence-corrected chi connectivity index (χ3v) is 5.83. The van der Waals surface area contributed by atoms with E-state index in [-0.39, 0.29) is 17.2 Å². The fourth-order valence-electron chi connectivity index (χ4n) is 3.47. The number of carbonyl (C=O) groups is 1. The Balaban J connectivity index is 1.91. The van der Waals surface area contributed by atoms with E-state index >= 15 is 0 Å². The molecule has 1 aromatic carbocycles. The molecule has 0 amide bonds. The Morgan fingerprint density at radius 2 is 2.14 bits per heavy atom. The summed E-state index contributed by atoms with van der Waals surface area (Å²) in [5, 5.41) is 12.8. The number of carbonyl (C=O) groups excluding carboxylic acids is 1. The molecule has 11 heteroatoms. The lowest BCUT2D eigenvalue weighted by Gasteiger charge is -2.34. The number of halogens is 3. The monoisotopic (exact) mass is 429 g/mol. The Morgan fingerprint density at radius 1 is 1.41 bits per heavy atom. The molecular weight excluding hydrogens is 411 g/mol. The highest BCUT2D eigenvalue weighted by molar-refractivity contribution is 7.09. The molecule has 1 aromatic heterocycles. The minimum atomic E-state index is -4.48. The number of rotatable bonds is 4. The quantitative estimate of drug-likeness (QED) is 0.403. The standard InChI is InChI=1S/C18H18F3N3O4S/c1-10-6-12(7-13(17(25)28-2)15(10)24(26)27)23-5-3-4-11(8-23)16-22-14(9-29-16)18(19,20)21/h6-7,9,11H,3-5,8H2,1-2H3. The van der Waals surface area contributed by atoms with Crippen LogP contribution in [0.2, 0.25) is 0 Å². The van der Waals surface area contributed by atoms with Crippen molar-refractivity contribution >= 4 is 28.7 Å². The van der Waals surface area contributed by atoms with Gasteiger partial charge in [0.25, 0.3) is 5.69 Å². The molecule has 0 bridgehead atoms. The molecule has 7 nitrogen and oxygen atoms in total. The molecule has 3 rings (SSSR count). The van der Waals surface area contributed by atoms with Crippen LogP contribution in [0.4, 0.5) is 24.5 Å². The second-order valence-electron chi connectivity index (χ2n) is 6.76. The minimum absolute atomic E-state index is 0.150. The van der Waals surface area contributed by atoms with Gasteiger partial charge in [-0.2, -0.15) is 13.2 Å². The van der Waals surface area contributed by atoms with Gasteiger partial charge in [0, 0.05) is 35.6 Å². The van der Waals surface area contributed by atoms with E-state index in [1.54, 1.807) is 6.07 Å². The molecule has 0 saturated carbocycles. The van der Waals surface area contributed by atoms with E-state index in [0.29, 0.717) is 35.8 Å². The summed E-state index contributed by atoms with van der Waals surface area (Å²) in [6.07, 6.45) is -3.07. The summed E-state index contributed by atoms with van der Waals surface area (Å²) in [5.74, 6) is -1.01. The first-order chi connectivity index (χ1) is 13.6. The van der Waals surface area contributed by atoms with Crippen molar-refractivity contribution in [2.45, 2.75) is 31.9 Å². The maximum absolute atomic E-state index is 12.8. The Hall–Kier alpha value is -2.69. The molecule has 0 N–H and O–H groups in total. The first kappa shape index (κ1) is 21.0. The maximum atomic E-state index is 12.8. The van der Waals surface area contributed by atoms with Crippen LogP contribution in [-0.2, 0) is 10.9 Å². The van der Waals surface area contributed by atoms with Crippen LogP contribution in [0.1, 0.15) is 45.4 Å². The van der Waals surface area contributed by atoms with Crippen LogP contribution in [0.3, 0.4) is 0 Å². The molecule has 29 heavy (non-hydrogen) atoms. The number of methoxy groups -OCH3 is 1. The second-order valence-corrected chi connectivity index (χ2v) is 7.65. The minimum Gasteiger partial charge on any atom is -0.465 e. The number of esters is 1. The van der Waals surface area contributed by atoms with E-state index in [4.69, 9.17) is 0 Å². The molecule has 1 aliphatic rings. The van der Waals surface area contributed by atoms with Crippen LogP contribution < -0.4 is 4.90 Å². The van der Waals surface area contributed by atoms with Crippen LogP contribution in [0.15, 0.2) is 17.5 Å². The van der Waals surface area contributed by atoms with Crippen molar-refractivity contribution < 1.29 is 27.6 Å². The van der Waals surface area contributed by atoms with Crippen LogP contribution >= 0.6 is 11.3 Å². The Morgan fingerprint density at radius 3 is 2.72 bits per heavy atom. The van der Waals surface area contributed by atoms with Gasteiger partial charge in [-0.25, -0.2) is 9.78 Å². The molecule has 1 aliphatic heterocycles. The van der Waals surface area contributed by atoms with Crippen LogP contribution in [0.25, 0.3) is 0 Å². The van der Waals surface area contributed by atoms with Crippen molar-refractivity contribution in [3.05, 3.63) is 49.5 Å². The third kappa shape index (κ3) is 4.34. The number of benzene rings is 1. The topological polar surface area (TPSA) is 85.6 Å². The molecule has 1 saturated heterocycles. The van der Waals surface area contributed by atoms with Gasteiger partial charge in [-0.15, -0.1) is 11.3 Å². The largest absolute Gasteiger partial charge is 0.465 e. The molecule has 2 heterocycles. The summed E-state index contributed by atoms with van der Waals surface area (Å²) in [6, 6.07) is 3.01. The predicted octanol–water partition coefficient (Wildman–Crippen LogP) is 4.55. The first-order valence-electron chi connectivity index (χ1n) is 8.76. The zero-order valence-electron chi connectivity index (χ0n) is 15.7. The van der Waals surface area contributed by atoms with Crippen LogP contribution in [0, 0.1) is 17.0 Å². The van der Waals surface area contributed by atoms with Crippen molar-refractivity contribution in [2.75, 3.05) is 25.1 Å². The van der Waals surface area contributed by atoms with E-state index in [9.17, 15) is 28.1 Å². The Kier molecular flexibility index (Phi) is 5.78. The molecular formula is C18H18F3N3O4S. The second kappa shape index (κ2) is 7.97. The highest BCUT2D eigenvalue weighted by atomic mass is 32.1. The number of hydrogen-bond acceptors (Lipinski definition) is 7. The van der Waals surface area contributed by atoms with Gasteiger partial charge >= 0.3 is 12.1 Å². The number of aryl methyl sites for hydroxylation is 1. The molecule has 2 aromatic rings. The van der Waals surface area contributed by atoms with Crippen molar-refractivity contribution in [1.82, 2.24) is 4.98 Å².